The average Bonchev–Trinajstić information content (AvgIpc) is 2.50. The molecule has 1 saturated heterocycles. The van der Waals surface area contributed by atoms with E-state index in [1.165, 1.54) is 4.90 Å². The van der Waals surface area contributed by atoms with Crippen LogP contribution in [0.4, 0.5) is 0 Å². The number of thiocarbonyl (C=S) groups is 1. The maximum atomic E-state index is 11.7. The number of hydrogen-bond acceptors (Lipinski definition) is 2. The monoisotopic (exact) mass is 286 g/mol. The highest BCUT2D eigenvalue weighted by Crippen LogP contribution is 2.23. The summed E-state index contributed by atoms with van der Waals surface area (Å²) in [6.45, 7) is 0. The Morgan fingerprint density at radius 3 is 2.65 bits per heavy atom. The van der Waals surface area contributed by atoms with Gasteiger partial charge < -0.3 is 5.32 Å². The van der Waals surface area contributed by atoms with Crippen LogP contribution in [0.2, 0.25) is 10.0 Å². The Kier molecular flexibility index (Phi) is 3.38. The molecule has 1 aliphatic heterocycles. The second-order valence-electron chi connectivity index (χ2n) is 3.52. The third kappa shape index (κ3) is 2.44. The third-order valence-corrected chi connectivity index (χ3v) is 3.28. The zero-order valence-electron chi connectivity index (χ0n) is 8.83. The molecule has 1 fully saturated rings. The molecule has 17 heavy (non-hydrogen) atoms. The molecule has 1 aromatic rings. The fourth-order valence-electron chi connectivity index (χ4n) is 1.40. The first-order valence-corrected chi connectivity index (χ1v) is 5.91. The number of rotatable bonds is 1. The number of amides is 1. The Bertz CT molecular complexity index is 542. The van der Waals surface area contributed by atoms with Crippen molar-refractivity contribution in [2.24, 2.45) is 0 Å². The van der Waals surface area contributed by atoms with Crippen molar-refractivity contribution in [3.05, 3.63) is 39.5 Å². The number of nitrogens with one attached hydrogen (secondary N) is 1. The van der Waals surface area contributed by atoms with Crippen LogP contribution in [0.15, 0.2) is 23.9 Å². The van der Waals surface area contributed by atoms with Gasteiger partial charge in [0.05, 0.1) is 0 Å². The van der Waals surface area contributed by atoms with Crippen molar-refractivity contribution in [1.82, 2.24) is 10.2 Å². The van der Waals surface area contributed by atoms with Gasteiger partial charge in [-0.05, 0) is 36.0 Å². The average molecular weight is 287 g/mol. The largest absolute Gasteiger partial charge is 0.328 e. The van der Waals surface area contributed by atoms with Crippen molar-refractivity contribution >= 4 is 52.5 Å². The number of carbonyl (C=O) groups is 1. The van der Waals surface area contributed by atoms with Crippen LogP contribution in [0.25, 0.3) is 6.08 Å². The van der Waals surface area contributed by atoms with Crippen molar-refractivity contribution < 1.29 is 4.79 Å². The quantitative estimate of drug-likeness (QED) is 0.636. The van der Waals surface area contributed by atoms with E-state index in [1.54, 1.807) is 31.3 Å². The van der Waals surface area contributed by atoms with E-state index in [0.717, 1.165) is 0 Å². The molecular formula is C11H8Cl2N2OS. The van der Waals surface area contributed by atoms with Gasteiger partial charge in [-0.3, -0.25) is 9.69 Å². The molecule has 0 spiro atoms. The van der Waals surface area contributed by atoms with Gasteiger partial charge >= 0.3 is 0 Å². The lowest BCUT2D eigenvalue weighted by molar-refractivity contribution is -0.121. The van der Waals surface area contributed by atoms with Crippen molar-refractivity contribution in [2.45, 2.75) is 0 Å². The number of nitrogens with zero attached hydrogens (tertiary/aromatic N) is 1. The van der Waals surface area contributed by atoms with Gasteiger partial charge in [-0.25, -0.2) is 0 Å². The minimum atomic E-state index is -0.180. The summed E-state index contributed by atoms with van der Waals surface area (Å²) in [5, 5.41) is 4.24. The summed E-state index contributed by atoms with van der Waals surface area (Å²) >= 11 is 16.8. The van der Waals surface area contributed by atoms with Crippen molar-refractivity contribution in [3.8, 4) is 0 Å². The number of halogens is 2. The number of likely N-dealkylation sites (N-methyl/N-ethyl adjacent to an activating group) is 1. The first kappa shape index (κ1) is 12.4. The van der Waals surface area contributed by atoms with E-state index in [9.17, 15) is 4.79 Å². The van der Waals surface area contributed by atoms with E-state index in [0.29, 0.717) is 26.4 Å². The van der Waals surface area contributed by atoms with Crippen molar-refractivity contribution in [3.63, 3.8) is 0 Å². The summed E-state index contributed by atoms with van der Waals surface area (Å²) in [6.07, 6.45) is 1.65. The lowest BCUT2D eigenvalue weighted by atomic mass is 10.2. The second kappa shape index (κ2) is 4.64. The zero-order valence-corrected chi connectivity index (χ0v) is 11.2. The molecule has 1 amide bonds. The molecule has 3 nitrogen and oxygen atoms in total. The summed E-state index contributed by atoms with van der Waals surface area (Å²) in [7, 11) is 1.61. The molecule has 0 bridgehead atoms. The lowest BCUT2D eigenvalue weighted by Gasteiger charge is -2.02. The van der Waals surface area contributed by atoms with Gasteiger partial charge in [-0.1, -0.05) is 29.3 Å². The fraction of sp³-hybridized carbons (Fsp3) is 0.0909. The van der Waals surface area contributed by atoms with Gasteiger partial charge in [0.2, 0.25) is 0 Å². The summed E-state index contributed by atoms with van der Waals surface area (Å²) in [4.78, 5) is 13.1. The molecule has 0 aliphatic carbocycles. The van der Waals surface area contributed by atoms with Gasteiger partial charge in [0.1, 0.15) is 5.70 Å². The van der Waals surface area contributed by atoms with Crippen LogP contribution in [0.1, 0.15) is 5.56 Å². The van der Waals surface area contributed by atoms with Gasteiger partial charge in [-0.2, -0.15) is 0 Å². The van der Waals surface area contributed by atoms with Crippen LogP contribution >= 0.6 is 35.4 Å². The molecule has 0 saturated carbocycles. The van der Waals surface area contributed by atoms with Crippen molar-refractivity contribution in [1.29, 1.82) is 0 Å². The van der Waals surface area contributed by atoms with Crippen LogP contribution < -0.4 is 5.32 Å². The Balaban J connectivity index is 2.37. The minimum Gasteiger partial charge on any atom is -0.328 e. The number of hydrogen-bond donors (Lipinski definition) is 1. The second-order valence-corrected chi connectivity index (χ2v) is 4.75. The van der Waals surface area contributed by atoms with Crippen LogP contribution in [-0.4, -0.2) is 23.0 Å². The van der Waals surface area contributed by atoms with E-state index < -0.39 is 0 Å². The third-order valence-electron chi connectivity index (χ3n) is 2.34. The Hall–Kier alpha value is -1.10. The molecule has 6 heteroatoms. The molecule has 0 atom stereocenters. The predicted octanol–water partition coefficient (Wildman–Crippen LogP) is 2.68. The highest BCUT2D eigenvalue weighted by Gasteiger charge is 2.27. The summed E-state index contributed by atoms with van der Waals surface area (Å²) in [6, 6.07) is 5.08. The van der Waals surface area contributed by atoms with Crippen molar-refractivity contribution in [2.75, 3.05) is 7.05 Å². The molecule has 1 aliphatic rings. The van der Waals surface area contributed by atoms with Crippen LogP contribution in [-0.2, 0) is 4.79 Å². The SMILES string of the molecule is CN1C(=O)C(=Cc2ccc(Cl)cc2Cl)NC1=S. The highest BCUT2D eigenvalue weighted by molar-refractivity contribution is 7.80. The maximum Gasteiger partial charge on any atom is 0.276 e. The number of benzene rings is 1. The van der Waals surface area contributed by atoms with E-state index >= 15 is 0 Å². The molecule has 88 valence electrons. The van der Waals surface area contributed by atoms with Crippen LogP contribution in [0.5, 0.6) is 0 Å². The zero-order chi connectivity index (χ0) is 12.6. The summed E-state index contributed by atoms with van der Waals surface area (Å²) in [5.41, 5.74) is 1.12. The fourth-order valence-corrected chi connectivity index (χ4v) is 2.05. The standard InChI is InChI=1S/C11H8Cl2N2OS/c1-15-10(16)9(14-11(15)17)4-6-2-3-7(12)5-8(6)13/h2-5H,1H3,(H,14,17). The topological polar surface area (TPSA) is 32.3 Å². The normalized spacial score (nSPS) is 17.8. The first-order chi connectivity index (χ1) is 7.99. The predicted molar refractivity (Wildman–Crippen MR) is 72.9 cm³/mol. The molecule has 2 rings (SSSR count). The molecule has 1 N–H and O–H groups in total. The first-order valence-electron chi connectivity index (χ1n) is 4.75. The number of carbonyl (C=O) groups excluding carboxylic acids is 1. The van der Waals surface area contributed by atoms with E-state index in [4.69, 9.17) is 35.4 Å². The Morgan fingerprint density at radius 1 is 1.41 bits per heavy atom. The minimum absolute atomic E-state index is 0.180. The molecule has 0 unspecified atom stereocenters. The van der Waals surface area contributed by atoms with Gasteiger partial charge in [0.15, 0.2) is 5.11 Å². The van der Waals surface area contributed by atoms with Crippen LogP contribution in [0, 0.1) is 0 Å². The molecule has 1 heterocycles. The molecule has 1 aromatic carbocycles. The van der Waals surface area contributed by atoms with E-state index in [2.05, 4.69) is 5.32 Å². The highest BCUT2D eigenvalue weighted by atomic mass is 35.5. The maximum absolute atomic E-state index is 11.7. The smallest absolute Gasteiger partial charge is 0.276 e. The van der Waals surface area contributed by atoms with Crippen LogP contribution in [0.3, 0.4) is 0 Å². The Labute approximate surface area is 114 Å². The molecular weight excluding hydrogens is 279 g/mol. The van der Waals surface area contributed by atoms with Gasteiger partial charge in [-0.15, -0.1) is 0 Å². The molecule has 0 aromatic heterocycles. The van der Waals surface area contributed by atoms with Gasteiger partial charge in [0.25, 0.3) is 5.91 Å². The van der Waals surface area contributed by atoms with E-state index in [1.807, 2.05) is 0 Å². The summed E-state index contributed by atoms with van der Waals surface area (Å²) < 4.78 is 0. The van der Waals surface area contributed by atoms with Gasteiger partial charge in [0, 0.05) is 17.1 Å². The lowest BCUT2D eigenvalue weighted by Crippen LogP contribution is -2.25. The summed E-state index contributed by atoms with van der Waals surface area (Å²) in [5.74, 6) is -0.180. The molecule has 0 radical (unpaired) electrons. The van der Waals surface area contributed by atoms with E-state index in [-0.39, 0.29) is 5.91 Å². The Morgan fingerprint density at radius 2 is 2.12 bits per heavy atom.